The van der Waals surface area contributed by atoms with Crippen LogP contribution in [-0.4, -0.2) is 25.4 Å². The number of hydrogen-bond donors (Lipinski definition) is 0. The monoisotopic (exact) mass is 158 g/mol. The summed E-state index contributed by atoms with van der Waals surface area (Å²) >= 11 is 0. The minimum absolute atomic E-state index is 0.351. The summed E-state index contributed by atoms with van der Waals surface area (Å²) in [5.74, 6) is 0. The lowest BCUT2D eigenvalue weighted by atomic mass is 10.1. The summed E-state index contributed by atoms with van der Waals surface area (Å²) in [6.45, 7) is 5.90. The van der Waals surface area contributed by atoms with Crippen molar-refractivity contribution in [1.29, 1.82) is 0 Å². The van der Waals surface area contributed by atoms with Gasteiger partial charge in [0.25, 0.3) is 0 Å². The second kappa shape index (κ2) is 4.73. The molecule has 1 aliphatic heterocycles. The van der Waals surface area contributed by atoms with Crippen molar-refractivity contribution < 1.29 is 9.47 Å². The van der Waals surface area contributed by atoms with Crippen LogP contribution in [0.25, 0.3) is 0 Å². The first-order valence-electron chi connectivity index (χ1n) is 4.61. The summed E-state index contributed by atoms with van der Waals surface area (Å²) in [7, 11) is 0. The SMILES string of the molecule is CCCC1OCCOC1CC. The largest absolute Gasteiger partial charge is 0.373 e. The van der Waals surface area contributed by atoms with Crippen LogP contribution in [-0.2, 0) is 9.47 Å². The summed E-state index contributed by atoms with van der Waals surface area (Å²) in [4.78, 5) is 0. The third kappa shape index (κ3) is 2.46. The van der Waals surface area contributed by atoms with Gasteiger partial charge in [-0.05, 0) is 12.8 Å². The first-order chi connectivity index (χ1) is 5.38. The maximum atomic E-state index is 5.60. The molecule has 1 heterocycles. The topological polar surface area (TPSA) is 18.5 Å². The van der Waals surface area contributed by atoms with Gasteiger partial charge in [-0.3, -0.25) is 0 Å². The Morgan fingerprint density at radius 1 is 1.09 bits per heavy atom. The Morgan fingerprint density at radius 3 is 2.27 bits per heavy atom. The highest BCUT2D eigenvalue weighted by molar-refractivity contribution is 4.72. The van der Waals surface area contributed by atoms with Crippen LogP contribution in [0.15, 0.2) is 0 Å². The van der Waals surface area contributed by atoms with Crippen molar-refractivity contribution >= 4 is 0 Å². The third-order valence-electron chi connectivity index (χ3n) is 2.14. The first kappa shape index (κ1) is 9.01. The average molecular weight is 158 g/mol. The van der Waals surface area contributed by atoms with Gasteiger partial charge in [0.1, 0.15) is 0 Å². The van der Waals surface area contributed by atoms with Gasteiger partial charge in [-0.25, -0.2) is 0 Å². The highest BCUT2D eigenvalue weighted by Crippen LogP contribution is 2.17. The summed E-state index contributed by atoms with van der Waals surface area (Å²) in [5, 5.41) is 0. The molecule has 1 fully saturated rings. The fourth-order valence-corrected chi connectivity index (χ4v) is 1.55. The second-order valence-corrected chi connectivity index (χ2v) is 3.02. The summed E-state index contributed by atoms with van der Waals surface area (Å²) in [6.07, 6.45) is 4.11. The smallest absolute Gasteiger partial charge is 0.0837 e. The molecule has 1 saturated heterocycles. The molecule has 0 aromatic rings. The molecule has 1 aliphatic rings. The van der Waals surface area contributed by atoms with Crippen LogP contribution in [0.1, 0.15) is 33.1 Å². The van der Waals surface area contributed by atoms with Crippen LogP contribution in [0.4, 0.5) is 0 Å². The predicted molar refractivity (Wildman–Crippen MR) is 44.7 cm³/mol. The Balaban J connectivity index is 2.31. The predicted octanol–water partition coefficient (Wildman–Crippen LogP) is 1.98. The molecule has 2 heteroatoms. The molecule has 66 valence electrons. The third-order valence-corrected chi connectivity index (χ3v) is 2.14. The van der Waals surface area contributed by atoms with Crippen LogP contribution in [0.3, 0.4) is 0 Å². The lowest BCUT2D eigenvalue weighted by molar-refractivity contribution is -0.142. The quantitative estimate of drug-likeness (QED) is 0.625. The maximum Gasteiger partial charge on any atom is 0.0837 e. The molecule has 2 nitrogen and oxygen atoms in total. The van der Waals surface area contributed by atoms with Crippen molar-refractivity contribution in [1.82, 2.24) is 0 Å². The summed E-state index contributed by atoms with van der Waals surface area (Å²) in [6, 6.07) is 0. The molecule has 0 bridgehead atoms. The molecule has 0 aromatic carbocycles. The van der Waals surface area contributed by atoms with E-state index in [1.807, 2.05) is 0 Å². The average Bonchev–Trinajstić information content (AvgIpc) is 2.06. The Bertz CT molecular complexity index is 102. The van der Waals surface area contributed by atoms with E-state index in [0.717, 1.165) is 26.1 Å². The second-order valence-electron chi connectivity index (χ2n) is 3.02. The Labute approximate surface area is 68.9 Å². The van der Waals surface area contributed by atoms with Gasteiger partial charge in [0.05, 0.1) is 25.4 Å². The minimum Gasteiger partial charge on any atom is -0.373 e. The van der Waals surface area contributed by atoms with Crippen LogP contribution < -0.4 is 0 Å². The molecule has 11 heavy (non-hydrogen) atoms. The van der Waals surface area contributed by atoms with Crippen molar-refractivity contribution in [3.63, 3.8) is 0 Å². The maximum absolute atomic E-state index is 5.60. The molecule has 0 aliphatic carbocycles. The van der Waals surface area contributed by atoms with E-state index in [0.29, 0.717) is 12.2 Å². The molecule has 0 spiro atoms. The van der Waals surface area contributed by atoms with Gasteiger partial charge in [-0.15, -0.1) is 0 Å². The molecule has 0 N–H and O–H groups in total. The van der Waals surface area contributed by atoms with E-state index in [4.69, 9.17) is 9.47 Å². The van der Waals surface area contributed by atoms with Gasteiger partial charge in [0.2, 0.25) is 0 Å². The van der Waals surface area contributed by atoms with Gasteiger partial charge >= 0.3 is 0 Å². The molecule has 0 radical (unpaired) electrons. The fourth-order valence-electron chi connectivity index (χ4n) is 1.55. The molecular formula is C9H18O2. The van der Waals surface area contributed by atoms with E-state index in [-0.39, 0.29) is 0 Å². The van der Waals surface area contributed by atoms with Crippen molar-refractivity contribution in [3.8, 4) is 0 Å². The summed E-state index contributed by atoms with van der Waals surface area (Å²) < 4.78 is 11.2. The van der Waals surface area contributed by atoms with Crippen LogP contribution in [0, 0.1) is 0 Å². The lowest BCUT2D eigenvalue weighted by Crippen LogP contribution is -2.37. The van der Waals surface area contributed by atoms with E-state index in [1.54, 1.807) is 0 Å². The standard InChI is InChI=1S/C9H18O2/c1-3-5-9-8(4-2)10-6-7-11-9/h8-9H,3-7H2,1-2H3. The van der Waals surface area contributed by atoms with Crippen molar-refractivity contribution in [2.45, 2.75) is 45.3 Å². The normalized spacial score (nSPS) is 32.2. The minimum atomic E-state index is 0.351. The number of ether oxygens (including phenoxy) is 2. The molecule has 0 aromatic heterocycles. The van der Waals surface area contributed by atoms with Crippen LogP contribution in [0.5, 0.6) is 0 Å². The van der Waals surface area contributed by atoms with E-state index >= 15 is 0 Å². The first-order valence-corrected chi connectivity index (χ1v) is 4.61. The summed E-state index contributed by atoms with van der Waals surface area (Å²) in [5.41, 5.74) is 0. The molecule has 0 saturated carbocycles. The van der Waals surface area contributed by atoms with Gasteiger partial charge in [-0.1, -0.05) is 20.3 Å². The Hall–Kier alpha value is -0.0800. The van der Waals surface area contributed by atoms with Crippen molar-refractivity contribution in [3.05, 3.63) is 0 Å². The van der Waals surface area contributed by atoms with Gasteiger partial charge in [-0.2, -0.15) is 0 Å². The zero-order chi connectivity index (χ0) is 8.10. The van der Waals surface area contributed by atoms with Gasteiger partial charge < -0.3 is 9.47 Å². The van der Waals surface area contributed by atoms with E-state index in [9.17, 15) is 0 Å². The van der Waals surface area contributed by atoms with Crippen LogP contribution >= 0.6 is 0 Å². The van der Waals surface area contributed by atoms with Gasteiger partial charge in [0.15, 0.2) is 0 Å². The number of hydrogen-bond acceptors (Lipinski definition) is 2. The zero-order valence-corrected chi connectivity index (χ0v) is 7.51. The Kier molecular flexibility index (Phi) is 3.87. The van der Waals surface area contributed by atoms with E-state index in [1.165, 1.54) is 6.42 Å². The van der Waals surface area contributed by atoms with Gasteiger partial charge in [0, 0.05) is 0 Å². The molecule has 2 unspecified atom stereocenters. The highest BCUT2D eigenvalue weighted by atomic mass is 16.6. The van der Waals surface area contributed by atoms with E-state index < -0.39 is 0 Å². The van der Waals surface area contributed by atoms with Crippen LogP contribution in [0.2, 0.25) is 0 Å². The zero-order valence-electron chi connectivity index (χ0n) is 7.51. The molecule has 2 atom stereocenters. The fraction of sp³-hybridized carbons (Fsp3) is 1.00. The van der Waals surface area contributed by atoms with Crippen molar-refractivity contribution in [2.75, 3.05) is 13.2 Å². The molecule has 1 rings (SSSR count). The molecule has 0 amide bonds. The highest BCUT2D eigenvalue weighted by Gasteiger charge is 2.23. The number of rotatable bonds is 3. The Morgan fingerprint density at radius 2 is 1.73 bits per heavy atom. The van der Waals surface area contributed by atoms with E-state index in [2.05, 4.69) is 13.8 Å². The van der Waals surface area contributed by atoms with Crippen molar-refractivity contribution in [2.24, 2.45) is 0 Å². The lowest BCUT2D eigenvalue weighted by Gasteiger charge is -2.31. The molecular weight excluding hydrogens is 140 g/mol.